The predicted molar refractivity (Wildman–Crippen MR) is 78.2 cm³/mol. The van der Waals surface area contributed by atoms with Crippen LogP contribution in [0.1, 0.15) is 6.92 Å². The van der Waals surface area contributed by atoms with E-state index in [1.807, 2.05) is 49.4 Å². The van der Waals surface area contributed by atoms with Crippen molar-refractivity contribution >= 4 is 11.6 Å². The monoisotopic (exact) mass is 271 g/mol. The quantitative estimate of drug-likeness (QED) is 0.878. The van der Waals surface area contributed by atoms with E-state index in [9.17, 15) is 4.79 Å². The number of ether oxygens (including phenoxy) is 2. The smallest absolute Gasteiger partial charge is 0.262 e. The van der Waals surface area contributed by atoms with Crippen molar-refractivity contribution in [1.29, 1.82) is 0 Å². The normalized spacial score (nSPS) is 9.85. The molecule has 0 fully saturated rings. The molecule has 1 amide bonds. The van der Waals surface area contributed by atoms with Gasteiger partial charge in [-0.3, -0.25) is 4.79 Å². The summed E-state index contributed by atoms with van der Waals surface area (Å²) < 4.78 is 10.7. The molecule has 104 valence electrons. The first-order chi connectivity index (χ1) is 9.78. The Labute approximate surface area is 118 Å². The van der Waals surface area contributed by atoms with Gasteiger partial charge in [0.25, 0.3) is 5.91 Å². The maximum atomic E-state index is 11.7. The van der Waals surface area contributed by atoms with Crippen LogP contribution in [0.2, 0.25) is 0 Å². The molecule has 0 spiro atoms. The van der Waals surface area contributed by atoms with Gasteiger partial charge in [0, 0.05) is 5.69 Å². The molecule has 0 saturated heterocycles. The first-order valence-corrected chi connectivity index (χ1v) is 6.48. The number of hydrogen-bond donors (Lipinski definition) is 1. The van der Waals surface area contributed by atoms with Crippen LogP contribution in [-0.4, -0.2) is 19.1 Å². The minimum absolute atomic E-state index is 0.0166. The number of para-hydroxylation sites is 1. The van der Waals surface area contributed by atoms with Gasteiger partial charge in [-0.25, -0.2) is 0 Å². The maximum absolute atomic E-state index is 11.7. The molecule has 1 N–H and O–H groups in total. The topological polar surface area (TPSA) is 47.6 Å². The van der Waals surface area contributed by atoms with E-state index in [4.69, 9.17) is 9.47 Å². The highest BCUT2D eigenvalue weighted by molar-refractivity contribution is 5.91. The molecular weight excluding hydrogens is 254 g/mol. The van der Waals surface area contributed by atoms with Crippen molar-refractivity contribution < 1.29 is 14.3 Å². The molecule has 2 aromatic rings. The van der Waals surface area contributed by atoms with Gasteiger partial charge in [0.1, 0.15) is 11.5 Å². The van der Waals surface area contributed by atoms with Gasteiger partial charge in [-0.1, -0.05) is 18.2 Å². The fraction of sp³-hybridized carbons (Fsp3) is 0.188. The van der Waals surface area contributed by atoms with Crippen LogP contribution in [-0.2, 0) is 4.79 Å². The Morgan fingerprint density at radius 2 is 1.60 bits per heavy atom. The SMILES string of the molecule is CCOc1ccc(NC(=O)COc2ccccc2)cc1. The molecule has 0 saturated carbocycles. The third-order valence-corrected chi connectivity index (χ3v) is 2.56. The van der Waals surface area contributed by atoms with E-state index < -0.39 is 0 Å². The third kappa shape index (κ3) is 4.31. The maximum Gasteiger partial charge on any atom is 0.262 e. The molecule has 0 aromatic heterocycles. The number of amides is 1. The lowest BCUT2D eigenvalue weighted by Gasteiger charge is -2.08. The lowest BCUT2D eigenvalue weighted by atomic mass is 10.3. The average molecular weight is 271 g/mol. The van der Waals surface area contributed by atoms with Gasteiger partial charge < -0.3 is 14.8 Å². The summed E-state index contributed by atoms with van der Waals surface area (Å²) in [6.07, 6.45) is 0. The second-order valence-corrected chi connectivity index (χ2v) is 4.11. The molecule has 0 heterocycles. The number of hydrogen-bond acceptors (Lipinski definition) is 3. The van der Waals surface area contributed by atoms with Crippen molar-refractivity contribution in [2.24, 2.45) is 0 Å². The number of nitrogens with one attached hydrogen (secondary N) is 1. The van der Waals surface area contributed by atoms with Gasteiger partial charge in [-0.2, -0.15) is 0 Å². The van der Waals surface area contributed by atoms with E-state index in [0.717, 1.165) is 11.4 Å². The van der Waals surface area contributed by atoms with Gasteiger partial charge in [0.05, 0.1) is 6.61 Å². The lowest BCUT2D eigenvalue weighted by molar-refractivity contribution is -0.118. The van der Waals surface area contributed by atoms with Gasteiger partial charge in [-0.15, -0.1) is 0 Å². The van der Waals surface area contributed by atoms with Crippen molar-refractivity contribution in [2.75, 3.05) is 18.5 Å². The second-order valence-electron chi connectivity index (χ2n) is 4.11. The van der Waals surface area contributed by atoms with Crippen LogP contribution in [0.5, 0.6) is 11.5 Å². The number of benzene rings is 2. The summed E-state index contributed by atoms with van der Waals surface area (Å²) in [5.74, 6) is 1.26. The van der Waals surface area contributed by atoms with Crippen LogP contribution < -0.4 is 14.8 Å². The highest BCUT2D eigenvalue weighted by atomic mass is 16.5. The first kappa shape index (κ1) is 13.9. The average Bonchev–Trinajstić information content (AvgIpc) is 2.49. The highest BCUT2D eigenvalue weighted by Crippen LogP contribution is 2.15. The molecule has 0 aliphatic carbocycles. The van der Waals surface area contributed by atoms with Crippen molar-refractivity contribution in [3.8, 4) is 11.5 Å². The summed E-state index contributed by atoms with van der Waals surface area (Å²) in [6, 6.07) is 16.5. The number of anilines is 1. The van der Waals surface area contributed by atoms with E-state index in [0.29, 0.717) is 12.4 Å². The molecule has 0 aliphatic rings. The minimum atomic E-state index is -0.196. The van der Waals surface area contributed by atoms with Gasteiger partial charge in [0.2, 0.25) is 0 Å². The number of rotatable bonds is 6. The fourth-order valence-corrected chi connectivity index (χ4v) is 1.66. The molecule has 2 rings (SSSR count). The van der Waals surface area contributed by atoms with Crippen LogP contribution in [0.3, 0.4) is 0 Å². The molecule has 0 unspecified atom stereocenters. The van der Waals surface area contributed by atoms with Crippen molar-refractivity contribution in [1.82, 2.24) is 0 Å². The van der Waals surface area contributed by atoms with Crippen LogP contribution in [0.4, 0.5) is 5.69 Å². The fourth-order valence-electron chi connectivity index (χ4n) is 1.66. The Morgan fingerprint density at radius 1 is 0.950 bits per heavy atom. The Kier molecular flexibility index (Phi) is 5.00. The van der Waals surface area contributed by atoms with E-state index in [1.54, 1.807) is 12.1 Å². The first-order valence-electron chi connectivity index (χ1n) is 6.48. The van der Waals surface area contributed by atoms with Gasteiger partial charge in [-0.05, 0) is 43.3 Å². The zero-order valence-electron chi connectivity index (χ0n) is 11.3. The standard InChI is InChI=1S/C16H17NO3/c1-2-19-15-10-8-13(9-11-15)17-16(18)12-20-14-6-4-3-5-7-14/h3-11H,2,12H2,1H3,(H,17,18). The molecule has 0 aliphatic heterocycles. The molecule has 4 heteroatoms. The Hall–Kier alpha value is -2.49. The lowest BCUT2D eigenvalue weighted by Crippen LogP contribution is -2.20. The minimum Gasteiger partial charge on any atom is -0.494 e. The zero-order chi connectivity index (χ0) is 14.2. The summed E-state index contributed by atoms with van der Waals surface area (Å²) in [5.41, 5.74) is 0.718. The Bertz CT molecular complexity index is 537. The largest absolute Gasteiger partial charge is 0.494 e. The van der Waals surface area contributed by atoms with Gasteiger partial charge >= 0.3 is 0 Å². The van der Waals surface area contributed by atoms with Crippen LogP contribution in [0, 0.1) is 0 Å². The van der Waals surface area contributed by atoms with E-state index >= 15 is 0 Å². The van der Waals surface area contributed by atoms with Crippen LogP contribution >= 0.6 is 0 Å². The van der Waals surface area contributed by atoms with Crippen molar-refractivity contribution in [3.63, 3.8) is 0 Å². The summed E-state index contributed by atoms with van der Waals surface area (Å²) in [6.45, 7) is 2.53. The molecule has 20 heavy (non-hydrogen) atoms. The summed E-state index contributed by atoms with van der Waals surface area (Å²) >= 11 is 0. The van der Waals surface area contributed by atoms with Gasteiger partial charge in [0.15, 0.2) is 6.61 Å². The number of carbonyl (C=O) groups is 1. The molecular formula is C16H17NO3. The molecule has 0 bridgehead atoms. The van der Waals surface area contributed by atoms with E-state index in [-0.39, 0.29) is 12.5 Å². The van der Waals surface area contributed by atoms with Crippen molar-refractivity contribution in [3.05, 3.63) is 54.6 Å². The summed E-state index contributed by atoms with van der Waals surface area (Å²) in [5, 5.41) is 2.76. The molecule has 0 atom stereocenters. The third-order valence-electron chi connectivity index (χ3n) is 2.56. The Morgan fingerprint density at radius 3 is 2.25 bits per heavy atom. The Balaban J connectivity index is 1.82. The van der Waals surface area contributed by atoms with E-state index in [1.165, 1.54) is 0 Å². The second kappa shape index (κ2) is 7.19. The van der Waals surface area contributed by atoms with Crippen LogP contribution in [0.25, 0.3) is 0 Å². The molecule has 4 nitrogen and oxygen atoms in total. The zero-order valence-corrected chi connectivity index (χ0v) is 11.3. The summed E-state index contributed by atoms with van der Waals surface area (Å²) in [4.78, 5) is 11.7. The van der Waals surface area contributed by atoms with E-state index in [2.05, 4.69) is 5.32 Å². The highest BCUT2D eigenvalue weighted by Gasteiger charge is 2.03. The van der Waals surface area contributed by atoms with Crippen LogP contribution in [0.15, 0.2) is 54.6 Å². The van der Waals surface area contributed by atoms with Crippen molar-refractivity contribution in [2.45, 2.75) is 6.92 Å². The molecule has 0 radical (unpaired) electrons. The summed E-state index contributed by atoms with van der Waals surface area (Å²) in [7, 11) is 0. The predicted octanol–water partition coefficient (Wildman–Crippen LogP) is 3.10. The number of carbonyl (C=O) groups excluding carboxylic acids is 1. The molecule has 2 aromatic carbocycles.